The second kappa shape index (κ2) is 15.7. The zero-order chi connectivity index (χ0) is 28.2. The average molecular weight is 547 g/mol. The molecule has 8 nitrogen and oxygen atoms in total. The van der Waals surface area contributed by atoms with Crippen LogP contribution in [0, 0.1) is 6.92 Å². The number of carbonyl (C=O) groups excluding carboxylic acids is 2. The highest BCUT2D eigenvalue weighted by Crippen LogP contribution is 2.25. The summed E-state index contributed by atoms with van der Waals surface area (Å²) in [5, 5.41) is 45.1. The summed E-state index contributed by atoms with van der Waals surface area (Å²) in [5.74, 6) is 0.0697. The molecule has 5 N–H and O–H groups in total. The molecule has 0 heterocycles. The Balaban J connectivity index is 2.35. The molecular weight excluding hydrogens is 504 g/mol. The van der Waals surface area contributed by atoms with Crippen molar-refractivity contribution < 1.29 is 30.0 Å². The molecule has 38 heavy (non-hydrogen) atoms. The summed E-state index contributed by atoms with van der Waals surface area (Å²) < 4.78 is 0. The normalized spacial score (nSPS) is 14.4. The quantitative estimate of drug-likeness (QED) is 0.216. The number of carbonyl (C=O) groups is 2. The van der Waals surface area contributed by atoms with Crippen molar-refractivity contribution in [3.63, 3.8) is 0 Å². The molecule has 0 fully saturated rings. The molecule has 2 aromatic carbocycles. The number of amides is 2. The van der Waals surface area contributed by atoms with Crippen molar-refractivity contribution in [1.82, 2.24) is 10.2 Å². The Kier molecular flexibility index (Phi) is 13.1. The van der Waals surface area contributed by atoms with Gasteiger partial charge in [-0.15, -0.1) is 0 Å². The van der Waals surface area contributed by atoms with Gasteiger partial charge >= 0.3 is 0 Å². The number of phenolic OH excluding ortho intramolecular Hbond substituents is 1. The fourth-order valence-corrected chi connectivity index (χ4v) is 4.84. The Morgan fingerprint density at radius 2 is 1.58 bits per heavy atom. The first-order valence-corrected chi connectivity index (χ1v) is 14.6. The van der Waals surface area contributed by atoms with Crippen LogP contribution in [0.1, 0.15) is 77.5 Å². The van der Waals surface area contributed by atoms with Crippen molar-refractivity contribution in [1.29, 1.82) is 0 Å². The van der Waals surface area contributed by atoms with E-state index in [9.17, 15) is 30.0 Å². The van der Waals surface area contributed by atoms with Crippen LogP contribution < -0.4 is 5.32 Å². The molecule has 2 amide bonds. The van der Waals surface area contributed by atoms with E-state index in [1.165, 1.54) is 30.3 Å². The number of aromatic hydroxyl groups is 1. The van der Waals surface area contributed by atoms with Crippen LogP contribution in [0.4, 0.5) is 0 Å². The van der Waals surface area contributed by atoms with Crippen molar-refractivity contribution in [2.75, 3.05) is 25.1 Å². The minimum absolute atomic E-state index is 0.0105. The van der Waals surface area contributed by atoms with Gasteiger partial charge in [-0.05, 0) is 86.1 Å². The second-order valence-corrected chi connectivity index (χ2v) is 10.6. The highest BCUT2D eigenvalue weighted by Gasteiger charge is 2.34. The summed E-state index contributed by atoms with van der Waals surface area (Å²) in [4.78, 5) is 28.3. The number of phenols is 1. The van der Waals surface area contributed by atoms with Gasteiger partial charge < -0.3 is 30.6 Å². The van der Waals surface area contributed by atoms with Crippen LogP contribution in [0.2, 0.25) is 0 Å². The monoisotopic (exact) mass is 546 g/mol. The molecule has 0 aliphatic heterocycles. The Morgan fingerprint density at radius 1 is 0.974 bits per heavy atom. The van der Waals surface area contributed by atoms with Crippen molar-refractivity contribution in [2.45, 2.75) is 70.8 Å². The number of hydrogen-bond acceptors (Lipinski definition) is 7. The fraction of sp³-hybridized carbons (Fsp3) is 0.517. The summed E-state index contributed by atoms with van der Waals surface area (Å²) in [6.45, 7) is 7.04. The molecule has 0 aliphatic carbocycles. The Labute approximate surface area is 230 Å². The third kappa shape index (κ3) is 9.01. The lowest BCUT2D eigenvalue weighted by Gasteiger charge is -2.32. The predicted molar refractivity (Wildman–Crippen MR) is 152 cm³/mol. The molecule has 9 heteroatoms. The molecule has 0 saturated carbocycles. The summed E-state index contributed by atoms with van der Waals surface area (Å²) in [6, 6.07) is 9.44. The molecule has 0 bridgehead atoms. The van der Waals surface area contributed by atoms with Gasteiger partial charge in [0.15, 0.2) is 0 Å². The summed E-state index contributed by atoms with van der Waals surface area (Å²) in [7, 11) is 0. The highest BCUT2D eigenvalue weighted by atomic mass is 32.2. The average Bonchev–Trinajstić information content (AvgIpc) is 2.90. The molecule has 0 aliphatic rings. The summed E-state index contributed by atoms with van der Waals surface area (Å²) in [6.07, 6.45) is 0.545. The molecular formula is C29H42N2O6S. The molecule has 2 aromatic rings. The number of hydrogen-bond donors (Lipinski definition) is 5. The maximum atomic E-state index is 13.4. The maximum Gasteiger partial charge on any atom is 0.253 e. The largest absolute Gasteiger partial charge is 0.508 e. The third-order valence-electron chi connectivity index (χ3n) is 6.34. The van der Waals surface area contributed by atoms with Crippen LogP contribution >= 0.6 is 11.8 Å². The number of nitrogens with zero attached hydrogens (tertiary/aromatic N) is 1. The van der Waals surface area contributed by atoms with Gasteiger partial charge in [-0.1, -0.05) is 26.0 Å². The van der Waals surface area contributed by atoms with Gasteiger partial charge in [0.1, 0.15) is 18.0 Å². The molecule has 0 spiro atoms. The van der Waals surface area contributed by atoms with E-state index in [1.807, 2.05) is 20.1 Å². The molecule has 2 rings (SSSR count). The smallest absolute Gasteiger partial charge is 0.253 e. The SMILES string of the molecule is CCCN(CCC)C(=O)c1cc(C)cc(C(=O)NC(C(O)c2ccc(O)cc2)C(O)C(O)CCCSC)c1. The summed E-state index contributed by atoms with van der Waals surface area (Å²) in [5.41, 5.74) is 1.69. The number of aryl methyl sites for hydroxylation is 1. The molecule has 0 radical (unpaired) electrons. The molecule has 4 atom stereocenters. The predicted octanol–water partition coefficient (Wildman–Crippen LogP) is 3.66. The van der Waals surface area contributed by atoms with Gasteiger partial charge in [-0.2, -0.15) is 11.8 Å². The van der Waals surface area contributed by atoms with Crippen molar-refractivity contribution in [3.05, 3.63) is 64.7 Å². The van der Waals surface area contributed by atoms with Crippen molar-refractivity contribution in [3.8, 4) is 5.75 Å². The lowest BCUT2D eigenvalue weighted by Crippen LogP contribution is -2.52. The van der Waals surface area contributed by atoms with Crippen LogP contribution in [0.5, 0.6) is 5.75 Å². The minimum Gasteiger partial charge on any atom is -0.508 e. The van der Waals surface area contributed by atoms with E-state index in [-0.39, 0.29) is 17.2 Å². The Morgan fingerprint density at radius 3 is 2.16 bits per heavy atom. The second-order valence-electron chi connectivity index (χ2n) is 9.61. The molecule has 0 aromatic heterocycles. The topological polar surface area (TPSA) is 130 Å². The van der Waals surface area contributed by atoms with E-state index in [4.69, 9.17) is 0 Å². The number of benzene rings is 2. The van der Waals surface area contributed by atoms with Gasteiger partial charge in [0.2, 0.25) is 0 Å². The molecule has 210 valence electrons. The number of nitrogens with one attached hydrogen (secondary N) is 1. The van der Waals surface area contributed by atoms with Crippen LogP contribution in [-0.4, -0.2) is 80.5 Å². The zero-order valence-electron chi connectivity index (χ0n) is 22.8. The van der Waals surface area contributed by atoms with Crippen LogP contribution in [-0.2, 0) is 0 Å². The first kappa shape index (κ1) is 31.6. The van der Waals surface area contributed by atoms with E-state index in [0.29, 0.717) is 37.1 Å². The zero-order valence-corrected chi connectivity index (χ0v) is 23.6. The van der Waals surface area contributed by atoms with Crippen molar-refractivity contribution in [2.24, 2.45) is 0 Å². The number of aliphatic hydroxyl groups excluding tert-OH is 3. The fourth-order valence-electron chi connectivity index (χ4n) is 4.39. The van der Waals surface area contributed by atoms with E-state index in [1.54, 1.807) is 35.7 Å². The van der Waals surface area contributed by atoms with Crippen LogP contribution in [0.3, 0.4) is 0 Å². The lowest BCUT2D eigenvalue weighted by molar-refractivity contribution is -0.0400. The number of rotatable bonds is 15. The first-order valence-electron chi connectivity index (χ1n) is 13.2. The van der Waals surface area contributed by atoms with Crippen LogP contribution in [0.25, 0.3) is 0 Å². The van der Waals surface area contributed by atoms with Gasteiger partial charge in [0.25, 0.3) is 11.8 Å². The maximum absolute atomic E-state index is 13.4. The van der Waals surface area contributed by atoms with Crippen molar-refractivity contribution >= 4 is 23.6 Å². The van der Waals surface area contributed by atoms with Gasteiger partial charge in [-0.3, -0.25) is 9.59 Å². The standard InChI is InChI=1S/C29H42N2O6S/c1-5-13-31(14-6-2)29(37)22-17-19(3)16-21(18-22)28(36)30-25(27(35)24(33)8-7-15-38-4)26(34)20-9-11-23(32)12-10-20/h9-12,16-18,24-27,32-35H,5-8,13-15H2,1-4H3,(H,30,36). The Bertz CT molecular complexity index is 1030. The minimum atomic E-state index is -1.46. The molecule has 4 unspecified atom stereocenters. The molecule has 0 saturated heterocycles. The number of thioether (sulfide) groups is 1. The van der Waals surface area contributed by atoms with E-state index < -0.39 is 30.3 Å². The first-order chi connectivity index (χ1) is 18.1. The Hall–Kier alpha value is -2.59. The lowest BCUT2D eigenvalue weighted by atomic mass is 9.92. The van der Waals surface area contributed by atoms with E-state index in [0.717, 1.165) is 24.2 Å². The summed E-state index contributed by atoms with van der Waals surface area (Å²) >= 11 is 1.62. The van der Waals surface area contributed by atoms with Gasteiger partial charge in [-0.25, -0.2) is 0 Å². The highest BCUT2D eigenvalue weighted by molar-refractivity contribution is 7.98. The van der Waals surface area contributed by atoms with Crippen LogP contribution in [0.15, 0.2) is 42.5 Å². The van der Waals surface area contributed by atoms with E-state index in [2.05, 4.69) is 5.32 Å². The van der Waals surface area contributed by atoms with Gasteiger partial charge in [0.05, 0.1) is 12.1 Å². The van der Waals surface area contributed by atoms with Gasteiger partial charge in [0, 0.05) is 24.2 Å². The number of aliphatic hydroxyl groups is 3. The van der Waals surface area contributed by atoms with E-state index >= 15 is 0 Å². The third-order valence-corrected chi connectivity index (χ3v) is 7.04.